The number of aromatic nitrogens is 1. The van der Waals surface area contributed by atoms with Crippen LogP contribution in [-0.2, 0) is 9.59 Å². The lowest BCUT2D eigenvalue weighted by molar-refractivity contribution is -0.138. The molecule has 0 atom stereocenters. The van der Waals surface area contributed by atoms with Gasteiger partial charge in [-0.3, -0.25) is 9.59 Å². The molecule has 0 aromatic carbocycles. The minimum absolute atomic E-state index is 0.0245. The Morgan fingerprint density at radius 1 is 1.43 bits per heavy atom. The van der Waals surface area contributed by atoms with Crippen molar-refractivity contribution in [2.45, 2.75) is 39.5 Å². The van der Waals surface area contributed by atoms with Crippen LogP contribution in [0.5, 0.6) is 0 Å². The van der Waals surface area contributed by atoms with E-state index in [1.54, 1.807) is 11.1 Å². The second-order valence-corrected chi connectivity index (χ2v) is 6.46. The summed E-state index contributed by atoms with van der Waals surface area (Å²) in [7, 11) is 0. The molecule has 0 aliphatic heterocycles. The molecule has 2 rings (SSSR count). The number of thiazole rings is 1. The maximum atomic E-state index is 12.5. The van der Waals surface area contributed by atoms with Crippen molar-refractivity contribution in [3.05, 3.63) is 11.6 Å². The summed E-state index contributed by atoms with van der Waals surface area (Å²) in [5, 5.41) is 5.15. The van der Waals surface area contributed by atoms with E-state index in [2.05, 4.69) is 10.3 Å². The summed E-state index contributed by atoms with van der Waals surface area (Å²) >= 11 is 1.38. The van der Waals surface area contributed by atoms with Crippen molar-refractivity contribution in [3.63, 3.8) is 0 Å². The van der Waals surface area contributed by atoms with E-state index in [0.29, 0.717) is 17.6 Å². The molecule has 0 unspecified atom stereocenters. The molecule has 116 valence electrons. The van der Waals surface area contributed by atoms with Crippen LogP contribution < -0.4 is 5.32 Å². The lowest BCUT2D eigenvalue weighted by Gasteiger charge is -2.26. The number of nitrogens with zero attached hydrogens (tertiary/aromatic N) is 2. The van der Waals surface area contributed by atoms with Crippen molar-refractivity contribution in [2.75, 3.05) is 18.4 Å². The van der Waals surface area contributed by atoms with Gasteiger partial charge in [0.05, 0.1) is 6.54 Å². The zero-order valence-corrected chi connectivity index (χ0v) is 13.5. The van der Waals surface area contributed by atoms with Gasteiger partial charge in [0, 0.05) is 24.0 Å². The molecule has 1 saturated carbocycles. The van der Waals surface area contributed by atoms with E-state index in [4.69, 9.17) is 0 Å². The molecule has 1 N–H and O–H groups in total. The Kier molecular flexibility index (Phi) is 5.73. The molecule has 1 fully saturated rings. The van der Waals surface area contributed by atoms with Gasteiger partial charge in [0.25, 0.3) is 0 Å². The molecule has 5 nitrogen and oxygen atoms in total. The van der Waals surface area contributed by atoms with Crippen LogP contribution in [0.2, 0.25) is 0 Å². The van der Waals surface area contributed by atoms with Crippen molar-refractivity contribution in [2.24, 2.45) is 11.8 Å². The zero-order valence-electron chi connectivity index (χ0n) is 12.7. The molecule has 1 aromatic rings. The van der Waals surface area contributed by atoms with Gasteiger partial charge >= 0.3 is 0 Å². The molecule has 1 heterocycles. The predicted octanol–water partition coefficient (Wildman–Crippen LogP) is 2.76. The van der Waals surface area contributed by atoms with Crippen LogP contribution in [0.15, 0.2) is 11.6 Å². The van der Waals surface area contributed by atoms with Gasteiger partial charge in [-0.1, -0.05) is 13.8 Å². The normalized spacial score (nSPS) is 14.2. The first-order valence-corrected chi connectivity index (χ1v) is 8.50. The molecule has 6 heteroatoms. The van der Waals surface area contributed by atoms with Crippen LogP contribution in [-0.4, -0.2) is 34.8 Å². The minimum atomic E-state index is -0.162. The number of anilines is 1. The Balaban J connectivity index is 1.94. The highest BCUT2D eigenvalue weighted by molar-refractivity contribution is 7.13. The van der Waals surface area contributed by atoms with Gasteiger partial charge < -0.3 is 10.2 Å². The second-order valence-electron chi connectivity index (χ2n) is 5.56. The first-order chi connectivity index (χ1) is 10.1. The summed E-state index contributed by atoms with van der Waals surface area (Å²) in [6, 6.07) is 0. The predicted molar refractivity (Wildman–Crippen MR) is 84.1 cm³/mol. The summed E-state index contributed by atoms with van der Waals surface area (Å²) in [5.74, 6) is 0.554. The Morgan fingerprint density at radius 3 is 2.67 bits per heavy atom. The third kappa shape index (κ3) is 4.81. The largest absolute Gasteiger partial charge is 0.333 e. The van der Waals surface area contributed by atoms with E-state index < -0.39 is 0 Å². The summed E-state index contributed by atoms with van der Waals surface area (Å²) in [6.07, 6.45) is 5.63. The molecular weight excluding hydrogens is 286 g/mol. The van der Waals surface area contributed by atoms with Gasteiger partial charge in [-0.15, -0.1) is 11.3 Å². The van der Waals surface area contributed by atoms with Crippen LogP contribution in [0.3, 0.4) is 0 Å². The highest BCUT2D eigenvalue weighted by atomic mass is 32.1. The third-order valence-corrected chi connectivity index (χ3v) is 4.52. The molecule has 21 heavy (non-hydrogen) atoms. The molecule has 0 saturated heterocycles. The van der Waals surface area contributed by atoms with Gasteiger partial charge in [0.2, 0.25) is 11.8 Å². The molecule has 1 aliphatic rings. The molecule has 1 aromatic heterocycles. The van der Waals surface area contributed by atoms with Crippen LogP contribution in [0.25, 0.3) is 0 Å². The quantitative estimate of drug-likeness (QED) is 0.803. The lowest BCUT2D eigenvalue weighted by atomic mass is 10.0. The van der Waals surface area contributed by atoms with Gasteiger partial charge in [-0.05, 0) is 31.6 Å². The van der Waals surface area contributed by atoms with Gasteiger partial charge in [-0.25, -0.2) is 4.98 Å². The first-order valence-electron chi connectivity index (χ1n) is 7.62. The highest BCUT2D eigenvalue weighted by Crippen LogP contribution is 2.30. The molecule has 2 amide bonds. The van der Waals surface area contributed by atoms with Gasteiger partial charge in [0.15, 0.2) is 5.13 Å². The average molecular weight is 309 g/mol. The van der Waals surface area contributed by atoms with Crippen LogP contribution in [0, 0.1) is 11.8 Å². The molecule has 0 spiro atoms. The van der Waals surface area contributed by atoms with Crippen molar-refractivity contribution in [1.82, 2.24) is 9.88 Å². The Bertz CT molecular complexity index is 467. The topological polar surface area (TPSA) is 62.3 Å². The smallest absolute Gasteiger partial charge is 0.245 e. The number of rotatable bonds is 8. The van der Waals surface area contributed by atoms with Crippen molar-refractivity contribution in [1.29, 1.82) is 0 Å². The lowest BCUT2D eigenvalue weighted by Crippen LogP contribution is -2.42. The number of nitrogens with one attached hydrogen (secondary N) is 1. The van der Waals surface area contributed by atoms with E-state index in [0.717, 1.165) is 12.8 Å². The molecule has 0 radical (unpaired) electrons. The van der Waals surface area contributed by atoms with E-state index in [1.807, 2.05) is 19.2 Å². The number of hydrogen-bond acceptors (Lipinski definition) is 4. The average Bonchev–Trinajstić information content (AvgIpc) is 3.14. The summed E-state index contributed by atoms with van der Waals surface area (Å²) < 4.78 is 0. The fraction of sp³-hybridized carbons (Fsp3) is 0.667. The SMILES string of the molecule is CCC(CC)C(=O)N(CC(=O)Nc1nccs1)CC1CC1. The summed E-state index contributed by atoms with van der Waals surface area (Å²) in [4.78, 5) is 30.4. The minimum Gasteiger partial charge on any atom is -0.333 e. The maximum Gasteiger partial charge on any atom is 0.245 e. The standard InChI is InChI=1S/C15H23N3O2S/c1-3-12(4-2)14(20)18(9-11-5-6-11)10-13(19)17-15-16-7-8-21-15/h7-8,11-12H,3-6,9-10H2,1-2H3,(H,16,17,19). The molecule has 0 bridgehead atoms. The number of carbonyl (C=O) groups is 2. The monoisotopic (exact) mass is 309 g/mol. The van der Waals surface area contributed by atoms with Gasteiger partial charge in [0.1, 0.15) is 0 Å². The van der Waals surface area contributed by atoms with Crippen molar-refractivity contribution < 1.29 is 9.59 Å². The van der Waals surface area contributed by atoms with Crippen LogP contribution >= 0.6 is 11.3 Å². The van der Waals surface area contributed by atoms with E-state index in [-0.39, 0.29) is 24.3 Å². The van der Waals surface area contributed by atoms with Crippen molar-refractivity contribution >= 4 is 28.3 Å². The third-order valence-electron chi connectivity index (χ3n) is 3.84. The fourth-order valence-corrected chi connectivity index (χ4v) is 2.90. The van der Waals surface area contributed by atoms with Crippen molar-refractivity contribution in [3.8, 4) is 0 Å². The zero-order chi connectivity index (χ0) is 15.2. The summed E-state index contributed by atoms with van der Waals surface area (Å²) in [5.41, 5.74) is 0. The van der Waals surface area contributed by atoms with Gasteiger partial charge in [-0.2, -0.15) is 0 Å². The molecule has 1 aliphatic carbocycles. The highest BCUT2D eigenvalue weighted by Gasteiger charge is 2.30. The second kappa shape index (κ2) is 7.54. The summed E-state index contributed by atoms with van der Waals surface area (Å²) in [6.45, 7) is 4.89. The van der Waals surface area contributed by atoms with E-state index >= 15 is 0 Å². The fourth-order valence-electron chi connectivity index (χ4n) is 2.36. The Hall–Kier alpha value is -1.43. The van der Waals surface area contributed by atoms with Crippen LogP contribution in [0.1, 0.15) is 39.5 Å². The van der Waals surface area contributed by atoms with E-state index in [1.165, 1.54) is 24.2 Å². The molecular formula is C15H23N3O2S. The van der Waals surface area contributed by atoms with Crippen LogP contribution in [0.4, 0.5) is 5.13 Å². The maximum absolute atomic E-state index is 12.5. The Labute approximate surface area is 129 Å². The van der Waals surface area contributed by atoms with E-state index in [9.17, 15) is 9.59 Å². The number of hydrogen-bond donors (Lipinski definition) is 1. The Morgan fingerprint density at radius 2 is 2.14 bits per heavy atom. The number of carbonyl (C=O) groups excluding carboxylic acids is 2. The first kappa shape index (κ1) is 15.9. The number of amides is 2.